The summed E-state index contributed by atoms with van der Waals surface area (Å²) in [5, 5.41) is 13.3. The number of hydrogen-bond donors (Lipinski definition) is 2. The number of aromatic hydroxyl groups is 1. The smallest absolute Gasteiger partial charge is 0.293 e. The Morgan fingerprint density at radius 1 is 1.00 bits per heavy atom. The van der Waals surface area contributed by atoms with Gasteiger partial charge in [0.2, 0.25) is 0 Å². The average Bonchev–Trinajstić information content (AvgIpc) is 3.11. The van der Waals surface area contributed by atoms with Crippen molar-refractivity contribution in [2.24, 2.45) is 0 Å². The van der Waals surface area contributed by atoms with Gasteiger partial charge < -0.3 is 19.9 Å². The molecule has 190 valence electrons. The number of nitrogens with one attached hydrogen (secondary N) is 1. The first-order chi connectivity index (χ1) is 17.7. The van der Waals surface area contributed by atoms with E-state index >= 15 is 0 Å². The molecule has 3 aromatic rings. The molecule has 0 bridgehead atoms. The second-order valence-corrected chi connectivity index (χ2v) is 9.71. The summed E-state index contributed by atoms with van der Waals surface area (Å²) in [7, 11) is 2.98. The third-order valence-corrected chi connectivity index (χ3v) is 6.68. The van der Waals surface area contributed by atoms with E-state index in [9.17, 15) is 19.5 Å². The molecule has 0 saturated carbocycles. The zero-order valence-corrected chi connectivity index (χ0v) is 21.9. The predicted octanol–water partition coefficient (Wildman–Crippen LogP) is 6.21. The molecule has 0 aliphatic carbocycles. The van der Waals surface area contributed by atoms with Crippen LogP contribution < -0.4 is 14.8 Å². The van der Waals surface area contributed by atoms with Gasteiger partial charge in [-0.1, -0.05) is 29.3 Å². The van der Waals surface area contributed by atoms with E-state index in [4.69, 9.17) is 32.7 Å². The highest BCUT2D eigenvalue weighted by Gasteiger charge is 2.35. The number of methoxy groups -OCH3 is 2. The van der Waals surface area contributed by atoms with Crippen molar-refractivity contribution in [2.45, 2.75) is 6.54 Å². The number of phenolic OH excluding ortho intramolecular Hbond substituents is 1. The first-order valence-electron chi connectivity index (χ1n) is 10.7. The third-order valence-electron chi connectivity index (χ3n) is 5.34. The molecule has 8 nitrogen and oxygen atoms in total. The Hall–Kier alpha value is -3.66. The van der Waals surface area contributed by atoms with Gasteiger partial charge in [-0.3, -0.25) is 19.3 Å². The zero-order valence-electron chi connectivity index (χ0n) is 19.6. The van der Waals surface area contributed by atoms with Gasteiger partial charge in [0.25, 0.3) is 17.1 Å². The number of thioether (sulfide) groups is 1. The van der Waals surface area contributed by atoms with Crippen LogP contribution in [-0.2, 0) is 11.3 Å². The van der Waals surface area contributed by atoms with Gasteiger partial charge >= 0.3 is 0 Å². The topological polar surface area (TPSA) is 105 Å². The van der Waals surface area contributed by atoms with E-state index in [1.54, 1.807) is 36.4 Å². The minimum absolute atomic E-state index is 0.0108. The van der Waals surface area contributed by atoms with Crippen LogP contribution in [0.25, 0.3) is 6.08 Å². The maximum absolute atomic E-state index is 12.9. The zero-order chi connectivity index (χ0) is 26.7. The highest BCUT2D eigenvalue weighted by atomic mass is 35.5. The van der Waals surface area contributed by atoms with Crippen molar-refractivity contribution < 1.29 is 29.0 Å². The number of imide groups is 1. The number of rotatable bonds is 7. The minimum atomic E-state index is -0.578. The summed E-state index contributed by atoms with van der Waals surface area (Å²) in [6, 6.07) is 14.0. The predicted molar refractivity (Wildman–Crippen MR) is 144 cm³/mol. The number of benzene rings is 3. The summed E-state index contributed by atoms with van der Waals surface area (Å²) >= 11 is 12.8. The van der Waals surface area contributed by atoms with Gasteiger partial charge in [-0.15, -0.1) is 0 Å². The molecule has 1 aliphatic rings. The van der Waals surface area contributed by atoms with Crippen LogP contribution in [0.4, 0.5) is 10.5 Å². The van der Waals surface area contributed by atoms with Crippen LogP contribution in [0.1, 0.15) is 21.5 Å². The lowest BCUT2D eigenvalue weighted by molar-refractivity contribution is -0.123. The van der Waals surface area contributed by atoms with Crippen molar-refractivity contribution >= 4 is 63.8 Å². The van der Waals surface area contributed by atoms with Gasteiger partial charge in [-0.25, -0.2) is 0 Å². The number of amides is 3. The molecule has 3 aromatic carbocycles. The van der Waals surface area contributed by atoms with Gasteiger partial charge in [0.05, 0.1) is 31.2 Å². The summed E-state index contributed by atoms with van der Waals surface area (Å²) in [6.07, 6.45) is 1.49. The van der Waals surface area contributed by atoms with Crippen molar-refractivity contribution in [1.82, 2.24) is 4.90 Å². The largest absolute Gasteiger partial charge is 0.507 e. The Morgan fingerprint density at radius 3 is 2.38 bits per heavy atom. The highest BCUT2D eigenvalue weighted by molar-refractivity contribution is 8.18. The Balaban J connectivity index is 1.54. The van der Waals surface area contributed by atoms with E-state index in [-0.39, 0.29) is 22.8 Å². The SMILES string of the molecule is COc1ccc(NC(=O)c2cc(C=C3SC(=O)N(Cc4cc(Cl)cc(Cl)c4)C3=O)ccc2O)cc1OC. The quantitative estimate of drug-likeness (QED) is 0.332. The number of carbonyl (C=O) groups is 3. The number of carbonyl (C=O) groups excluding carboxylic acids is 3. The van der Waals surface area contributed by atoms with Crippen molar-refractivity contribution in [1.29, 1.82) is 0 Å². The fourth-order valence-corrected chi connectivity index (χ4v) is 5.02. The van der Waals surface area contributed by atoms with Crippen LogP contribution in [0.5, 0.6) is 17.2 Å². The van der Waals surface area contributed by atoms with E-state index in [0.29, 0.717) is 38.4 Å². The number of nitrogens with zero attached hydrogens (tertiary/aromatic N) is 1. The second-order valence-electron chi connectivity index (χ2n) is 7.85. The number of anilines is 1. The lowest BCUT2D eigenvalue weighted by atomic mass is 10.1. The standard InChI is InChI=1S/C26H20Cl2N2O6S/c1-35-21-6-4-18(12-22(21)36-2)29-24(32)19-9-14(3-5-20(19)31)10-23-25(33)30(26(34)37-23)13-15-7-16(27)11-17(28)8-15/h3-12,31H,13H2,1-2H3,(H,29,32). The fraction of sp³-hybridized carbons (Fsp3) is 0.115. The molecule has 1 heterocycles. The van der Waals surface area contributed by atoms with Gasteiger partial charge in [-0.2, -0.15) is 0 Å². The third kappa shape index (κ3) is 6.02. The molecule has 1 saturated heterocycles. The molecule has 2 N–H and O–H groups in total. The van der Waals surface area contributed by atoms with Crippen LogP contribution in [0.3, 0.4) is 0 Å². The van der Waals surface area contributed by atoms with Gasteiger partial charge in [0.1, 0.15) is 5.75 Å². The summed E-state index contributed by atoms with van der Waals surface area (Å²) in [6.45, 7) is 0.0108. The fourth-order valence-electron chi connectivity index (χ4n) is 3.61. The van der Waals surface area contributed by atoms with Gasteiger partial charge in [0.15, 0.2) is 11.5 Å². The van der Waals surface area contributed by atoms with E-state index in [1.165, 1.54) is 38.5 Å². The van der Waals surface area contributed by atoms with Crippen molar-refractivity contribution in [3.63, 3.8) is 0 Å². The monoisotopic (exact) mass is 558 g/mol. The molecule has 1 fully saturated rings. The number of halogens is 2. The Bertz CT molecular complexity index is 1420. The van der Waals surface area contributed by atoms with Crippen LogP contribution >= 0.6 is 35.0 Å². The minimum Gasteiger partial charge on any atom is -0.507 e. The van der Waals surface area contributed by atoms with Crippen molar-refractivity contribution in [3.05, 3.63) is 86.2 Å². The molecular formula is C26H20Cl2N2O6S. The summed E-state index contributed by atoms with van der Waals surface area (Å²) in [5.74, 6) is -0.394. The number of phenols is 1. The van der Waals surface area contributed by atoms with E-state index in [1.807, 2.05) is 0 Å². The molecule has 37 heavy (non-hydrogen) atoms. The molecule has 0 spiro atoms. The lowest BCUT2D eigenvalue weighted by Gasteiger charge is -2.13. The van der Waals surface area contributed by atoms with Crippen LogP contribution in [0.2, 0.25) is 10.0 Å². The van der Waals surface area contributed by atoms with Crippen LogP contribution in [0.15, 0.2) is 59.5 Å². The van der Waals surface area contributed by atoms with Gasteiger partial charge in [-0.05, 0) is 71.4 Å². The van der Waals surface area contributed by atoms with E-state index in [0.717, 1.165) is 16.7 Å². The molecule has 1 aliphatic heterocycles. The Labute approximate surface area is 226 Å². The first-order valence-corrected chi connectivity index (χ1v) is 12.3. The molecule has 0 atom stereocenters. The van der Waals surface area contributed by atoms with E-state index in [2.05, 4.69) is 5.32 Å². The molecule has 4 rings (SSSR count). The number of hydrogen-bond acceptors (Lipinski definition) is 7. The maximum atomic E-state index is 12.9. The maximum Gasteiger partial charge on any atom is 0.293 e. The van der Waals surface area contributed by atoms with E-state index < -0.39 is 17.1 Å². The molecule has 3 amide bonds. The summed E-state index contributed by atoms with van der Waals surface area (Å²) in [5.41, 5.74) is 1.47. The highest BCUT2D eigenvalue weighted by Crippen LogP contribution is 2.35. The van der Waals surface area contributed by atoms with Crippen LogP contribution in [-0.4, -0.2) is 41.3 Å². The van der Waals surface area contributed by atoms with Crippen LogP contribution in [0, 0.1) is 0 Å². The Morgan fingerprint density at radius 2 is 1.70 bits per heavy atom. The molecular weight excluding hydrogens is 539 g/mol. The molecule has 0 radical (unpaired) electrons. The molecule has 0 aromatic heterocycles. The van der Waals surface area contributed by atoms with Crippen molar-refractivity contribution in [2.75, 3.05) is 19.5 Å². The summed E-state index contributed by atoms with van der Waals surface area (Å²) in [4.78, 5) is 39.6. The van der Waals surface area contributed by atoms with Crippen molar-refractivity contribution in [3.8, 4) is 17.2 Å². The molecule has 11 heteroatoms. The first kappa shape index (κ1) is 26.4. The second kappa shape index (κ2) is 11.2. The normalized spacial score (nSPS) is 14.3. The average molecular weight is 559 g/mol. The summed E-state index contributed by atoms with van der Waals surface area (Å²) < 4.78 is 10.4. The lowest BCUT2D eigenvalue weighted by Crippen LogP contribution is -2.27. The van der Waals surface area contributed by atoms with Gasteiger partial charge in [0, 0.05) is 21.8 Å². The number of ether oxygens (including phenoxy) is 2. The molecule has 0 unspecified atom stereocenters. The Kier molecular flexibility index (Phi) is 7.97.